The van der Waals surface area contributed by atoms with Crippen molar-refractivity contribution in [3.8, 4) is 16.9 Å². The maximum Gasteiger partial charge on any atom is 0.573 e. The molecular formula is C34H39ClF3N3O. The van der Waals surface area contributed by atoms with Crippen LogP contribution in [0, 0.1) is 5.41 Å². The average Bonchev–Trinajstić information content (AvgIpc) is 3.27. The lowest BCUT2D eigenvalue weighted by Gasteiger charge is -2.35. The zero-order chi connectivity index (χ0) is 29.9. The number of benzene rings is 3. The number of rotatable bonds is 9. The number of piperazine rings is 1. The van der Waals surface area contributed by atoms with Crippen LogP contribution in [0.5, 0.6) is 5.75 Å². The second-order valence-electron chi connectivity index (χ2n) is 12.5. The van der Waals surface area contributed by atoms with Gasteiger partial charge in [-0.25, -0.2) is 0 Å². The van der Waals surface area contributed by atoms with Gasteiger partial charge < -0.3 is 9.30 Å². The second-order valence-corrected chi connectivity index (χ2v) is 12.9. The normalized spacial score (nSPS) is 15.4. The van der Waals surface area contributed by atoms with Crippen molar-refractivity contribution in [2.24, 2.45) is 5.41 Å². The fraction of sp³-hybridized carbons (Fsp3) is 0.412. The number of aryl methyl sites for hydroxylation is 1. The minimum atomic E-state index is -4.71. The Morgan fingerprint density at radius 2 is 1.50 bits per heavy atom. The second kappa shape index (κ2) is 12.7. The molecule has 224 valence electrons. The van der Waals surface area contributed by atoms with Crippen molar-refractivity contribution in [1.29, 1.82) is 0 Å². The molecule has 1 aliphatic rings. The molecular weight excluding hydrogens is 559 g/mol. The van der Waals surface area contributed by atoms with Crippen molar-refractivity contribution >= 4 is 22.5 Å². The van der Waals surface area contributed by atoms with Gasteiger partial charge in [0.1, 0.15) is 5.75 Å². The number of ether oxygens (including phenoxy) is 1. The van der Waals surface area contributed by atoms with E-state index in [0.717, 1.165) is 91.3 Å². The maximum atomic E-state index is 12.7. The molecule has 5 rings (SSSR count). The Balaban J connectivity index is 1.33. The van der Waals surface area contributed by atoms with Crippen LogP contribution < -0.4 is 4.74 Å². The van der Waals surface area contributed by atoms with Gasteiger partial charge in [-0.3, -0.25) is 9.80 Å². The zero-order valence-corrected chi connectivity index (χ0v) is 25.3. The van der Waals surface area contributed by atoms with E-state index in [0.29, 0.717) is 0 Å². The number of halogens is 4. The molecule has 1 fully saturated rings. The lowest BCUT2D eigenvalue weighted by Crippen LogP contribution is -2.45. The topological polar surface area (TPSA) is 20.6 Å². The van der Waals surface area contributed by atoms with Crippen LogP contribution in [0.15, 0.2) is 72.9 Å². The van der Waals surface area contributed by atoms with Crippen molar-refractivity contribution < 1.29 is 17.9 Å². The van der Waals surface area contributed by atoms with Crippen molar-refractivity contribution in [3.05, 3.63) is 89.1 Å². The highest BCUT2D eigenvalue weighted by molar-refractivity contribution is 6.31. The summed E-state index contributed by atoms with van der Waals surface area (Å²) >= 11 is 6.38. The summed E-state index contributed by atoms with van der Waals surface area (Å²) in [7, 11) is 0. The van der Waals surface area contributed by atoms with Crippen LogP contribution in [0.2, 0.25) is 5.02 Å². The van der Waals surface area contributed by atoms with E-state index in [2.05, 4.69) is 70.3 Å². The Labute approximate surface area is 251 Å². The Morgan fingerprint density at radius 3 is 2.14 bits per heavy atom. The van der Waals surface area contributed by atoms with Gasteiger partial charge >= 0.3 is 6.36 Å². The van der Waals surface area contributed by atoms with Crippen molar-refractivity contribution in [2.45, 2.75) is 59.6 Å². The number of fused-ring (bicyclic) bond motifs is 1. The maximum absolute atomic E-state index is 12.7. The van der Waals surface area contributed by atoms with Gasteiger partial charge in [-0.2, -0.15) is 0 Å². The molecule has 1 aromatic heterocycles. The highest BCUT2D eigenvalue weighted by atomic mass is 35.5. The molecule has 0 radical (unpaired) electrons. The predicted molar refractivity (Wildman–Crippen MR) is 165 cm³/mol. The molecule has 1 saturated heterocycles. The number of hydrogen-bond acceptors (Lipinski definition) is 3. The van der Waals surface area contributed by atoms with Crippen LogP contribution in [0.25, 0.3) is 22.0 Å². The number of hydrogen-bond donors (Lipinski definition) is 0. The highest BCUT2D eigenvalue weighted by Gasteiger charge is 2.31. The standard InChI is InChI=1S/C34H39ClF3N3O/c1-33(2,3)15-6-16-41-24-30(26-10-12-28(13-11-26)42-34(36,37)38)29-21-25(9-14-32(29)41)22-39-17-19-40(20-18-39)23-27-7-4-5-8-31(27)35/h4-5,7-14,21,24H,6,15-20,22-23H2,1-3H3. The first kappa shape index (κ1) is 30.5. The average molecular weight is 598 g/mol. The summed E-state index contributed by atoms with van der Waals surface area (Å²) in [6.07, 6.45) is -0.416. The molecule has 8 heteroatoms. The number of alkyl halides is 3. The van der Waals surface area contributed by atoms with E-state index in [1.165, 1.54) is 17.7 Å². The van der Waals surface area contributed by atoms with Crippen molar-refractivity contribution in [3.63, 3.8) is 0 Å². The fourth-order valence-electron chi connectivity index (χ4n) is 5.70. The largest absolute Gasteiger partial charge is 0.573 e. The smallest absolute Gasteiger partial charge is 0.406 e. The van der Waals surface area contributed by atoms with E-state index in [-0.39, 0.29) is 11.2 Å². The third kappa shape index (κ3) is 8.09. The van der Waals surface area contributed by atoms with E-state index in [4.69, 9.17) is 11.6 Å². The molecule has 0 bridgehead atoms. The summed E-state index contributed by atoms with van der Waals surface area (Å²) in [5.41, 5.74) is 5.68. The molecule has 3 aromatic carbocycles. The van der Waals surface area contributed by atoms with E-state index in [1.54, 1.807) is 12.1 Å². The minimum absolute atomic E-state index is 0.213. The zero-order valence-electron chi connectivity index (χ0n) is 24.6. The van der Waals surface area contributed by atoms with Crippen molar-refractivity contribution in [2.75, 3.05) is 26.2 Å². The molecule has 4 nitrogen and oxygen atoms in total. The highest BCUT2D eigenvalue weighted by Crippen LogP contribution is 2.34. The van der Waals surface area contributed by atoms with Gasteiger partial charge in [0, 0.05) is 73.5 Å². The fourth-order valence-corrected chi connectivity index (χ4v) is 5.90. The van der Waals surface area contributed by atoms with Crippen LogP contribution in [-0.4, -0.2) is 46.9 Å². The van der Waals surface area contributed by atoms with Gasteiger partial charge in [-0.1, -0.05) is 68.8 Å². The minimum Gasteiger partial charge on any atom is -0.406 e. The Hall–Kier alpha value is -3.00. The Morgan fingerprint density at radius 1 is 0.833 bits per heavy atom. The molecule has 0 atom stereocenters. The quantitative estimate of drug-likeness (QED) is 0.192. The predicted octanol–water partition coefficient (Wildman–Crippen LogP) is 9.00. The first-order valence-corrected chi connectivity index (χ1v) is 15.0. The molecule has 0 N–H and O–H groups in total. The third-order valence-electron chi connectivity index (χ3n) is 7.89. The molecule has 2 heterocycles. The summed E-state index contributed by atoms with van der Waals surface area (Å²) in [5.74, 6) is -0.213. The molecule has 0 spiro atoms. The molecule has 4 aromatic rings. The summed E-state index contributed by atoms with van der Waals surface area (Å²) in [6, 6.07) is 20.9. The molecule has 0 saturated carbocycles. The van der Waals surface area contributed by atoms with Gasteiger partial charge in [-0.05, 0) is 65.3 Å². The lowest BCUT2D eigenvalue weighted by molar-refractivity contribution is -0.274. The summed E-state index contributed by atoms with van der Waals surface area (Å²) in [4.78, 5) is 4.93. The van der Waals surface area contributed by atoms with E-state index in [9.17, 15) is 13.2 Å². The van der Waals surface area contributed by atoms with Crippen molar-refractivity contribution in [1.82, 2.24) is 14.4 Å². The van der Waals surface area contributed by atoms with Gasteiger partial charge in [-0.15, -0.1) is 13.2 Å². The first-order valence-electron chi connectivity index (χ1n) is 14.6. The Kier molecular flexibility index (Phi) is 9.21. The number of aromatic nitrogens is 1. The molecule has 0 amide bonds. The summed E-state index contributed by atoms with van der Waals surface area (Å²) in [5, 5.41) is 1.93. The summed E-state index contributed by atoms with van der Waals surface area (Å²) in [6.45, 7) is 13.3. The van der Waals surface area contributed by atoms with Crippen LogP contribution in [-0.2, 0) is 19.6 Å². The lowest BCUT2D eigenvalue weighted by atomic mass is 9.91. The third-order valence-corrected chi connectivity index (χ3v) is 8.26. The number of nitrogens with zero attached hydrogens (tertiary/aromatic N) is 3. The van der Waals surface area contributed by atoms with E-state index >= 15 is 0 Å². The van der Waals surface area contributed by atoms with Crippen LogP contribution in [0.1, 0.15) is 44.7 Å². The molecule has 0 aliphatic carbocycles. The molecule has 1 aliphatic heterocycles. The SMILES string of the molecule is CC(C)(C)CCCn1cc(-c2ccc(OC(F)(F)F)cc2)c2cc(CN3CCN(Cc4ccccc4Cl)CC3)ccc21. The van der Waals surface area contributed by atoms with Gasteiger partial charge in [0.05, 0.1) is 0 Å². The summed E-state index contributed by atoms with van der Waals surface area (Å²) < 4.78 is 44.5. The van der Waals surface area contributed by atoms with Gasteiger partial charge in [0.15, 0.2) is 0 Å². The molecule has 42 heavy (non-hydrogen) atoms. The van der Waals surface area contributed by atoms with E-state index < -0.39 is 6.36 Å². The first-order chi connectivity index (χ1) is 19.9. The van der Waals surface area contributed by atoms with Crippen LogP contribution >= 0.6 is 11.6 Å². The van der Waals surface area contributed by atoms with E-state index in [1.807, 2.05) is 18.2 Å². The van der Waals surface area contributed by atoms with Crippen LogP contribution in [0.3, 0.4) is 0 Å². The van der Waals surface area contributed by atoms with Crippen LogP contribution in [0.4, 0.5) is 13.2 Å². The molecule has 0 unspecified atom stereocenters. The monoisotopic (exact) mass is 597 g/mol. The van der Waals surface area contributed by atoms with Gasteiger partial charge in [0.25, 0.3) is 0 Å². The van der Waals surface area contributed by atoms with Gasteiger partial charge in [0.2, 0.25) is 0 Å². The Bertz CT molecular complexity index is 1480.